The summed E-state index contributed by atoms with van der Waals surface area (Å²) in [5, 5.41) is 0. The van der Waals surface area contributed by atoms with E-state index in [1.165, 1.54) is 6.42 Å². The van der Waals surface area contributed by atoms with Gasteiger partial charge in [-0.1, -0.05) is 48.5 Å². The van der Waals surface area contributed by atoms with Crippen molar-refractivity contribution in [2.75, 3.05) is 13.7 Å². The Kier molecular flexibility index (Phi) is 8.52. The van der Waals surface area contributed by atoms with Gasteiger partial charge in [0.25, 0.3) is 0 Å². The third-order valence-corrected chi connectivity index (χ3v) is 1.47. The first-order valence-electron chi connectivity index (χ1n) is 5.61. The van der Waals surface area contributed by atoms with Crippen molar-refractivity contribution in [1.82, 2.24) is 0 Å². The standard InChI is InChI=1S/C9H20.C4H10O/c1-8(2,3)7-9(4,5)6;1-3-4-5-2/h7H2,1-6H3;3-4H2,1-2H3. The van der Waals surface area contributed by atoms with Crippen LogP contribution in [0.15, 0.2) is 0 Å². The minimum absolute atomic E-state index is 0.484. The van der Waals surface area contributed by atoms with Crippen molar-refractivity contribution in [1.29, 1.82) is 0 Å². The number of ether oxygens (including phenoxy) is 1. The van der Waals surface area contributed by atoms with E-state index < -0.39 is 0 Å². The second-order valence-corrected chi connectivity index (χ2v) is 6.29. The van der Waals surface area contributed by atoms with E-state index in [1.807, 2.05) is 0 Å². The van der Waals surface area contributed by atoms with Gasteiger partial charge in [-0.05, 0) is 23.7 Å². The van der Waals surface area contributed by atoms with Gasteiger partial charge in [-0.3, -0.25) is 0 Å². The van der Waals surface area contributed by atoms with Crippen LogP contribution in [0, 0.1) is 10.8 Å². The van der Waals surface area contributed by atoms with Gasteiger partial charge in [-0.25, -0.2) is 0 Å². The van der Waals surface area contributed by atoms with Crippen LogP contribution in [0.4, 0.5) is 0 Å². The molecule has 0 N–H and O–H groups in total. The van der Waals surface area contributed by atoms with Gasteiger partial charge >= 0.3 is 0 Å². The molecule has 0 aliphatic carbocycles. The Balaban J connectivity index is 0. The van der Waals surface area contributed by atoms with Crippen molar-refractivity contribution >= 4 is 0 Å². The van der Waals surface area contributed by atoms with Gasteiger partial charge in [0.2, 0.25) is 0 Å². The molecular weight excluding hydrogens is 172 g/mol. The minimum Gasteiger partial charge on any atom is -0.385 e. The normalized spacial score (nSPS) is 12.0. The molecule has 0 aromatic rings. The van der Waals surface area contributed by atoms with E-state index in [-0.39, 0.29) is 0 Å². The van der Waals surface area contributed by atoms with Gasteiger partial charge in [0, 0.05) is 13.7 Å². The summed E-state index contributed by atoms with van der Waals surface area (Å²) in [7, 11) is 1.71. The molecule has 0 aromatic carbocycles. The Morgan fingerprint density at radius 1 is 0.857 bits per heavy atom. The van der Waals surface area contributed by atoms with E-state index >= 15 is 0 Å². The molecule has 88 valence electrons. The van der Waals surface area contributed by atoms with Gasteiger partial charge in [-0.15, -0.1) is 0 Å². The molecule has 0 aliphatic heterocycles. The number of rotatable bonds is 2. The Hall–Kier alpha value is -0.0400. The summed E-state index contributed by atoms with van der Waals surface area (Å²) in [5.41, 5.74) is 0.969. The van der Waals surface area contributed by atoms with Crippen LogP contribution in [0.1, 0.15) is 61.3 Å². The van der Waals surface area contributed by atoms with E-state index in [0.29, 0.717) is 10.8 Å². The quantitative estimate of drug-likeness (QED) is 0.640. The lowest BCUT2D eigenvalue weighted by Crippen LogP contribution is -2.16. The number of hydrogen-bond donors (Lipinski definition) is 0. The lowest BCUT2D eigenvalue weighted by molar-refractivity contribution is 0.199. The van der Waals surface area contributed by atoms with Crippen LogP contribution < -0.4 is 0 Å². The van der Waals surface area contributed by atoms with E-state index in [0.717, 1.165) is 13.0 Å². The van der Waals surface area contributed by atoms with Gasteiger partial charge in [-0.2, -0.15) is 0 Å². The molecule has 0 unspecified atom stereocenters. The molecule has 0 atom stereocenters. The summed E-state index contributed by atoms with van der Waals surface area (Å²) in [5.74, 6) is 0. The lowest BCUT2D eigenvalue weighted by atomic mass is 9.78. The SMILES string of the molecule is CC(C)(C)CC(C)(C)C.CCCOC. The van der Waals surface area contributed by atoms with Gasteiger partial charge < -0.3 is 4.74 Å². The summed E-state index contributed by atoms with van der Waals surface area (Å²) in [6.45, 7) is 16.7. The van der Waals surface area contributed by atoms with Crippen LogP contribution >= 0.6 is 0 Å². The van der Waals surface area contributed by atoms with E-state index in [4.69, 9.17) is 4.74 Å². The molecule has 0 bridgehead atoms. The molecule has 1 heteroatoms. The molecule has 0 saturated heterocycles. The summed E-state index contributed by atoms with van der Waals surface area (Å²) >= 11 is 0. The highest BCUT2D eigenvalue weighted by Crippen LogP contribution is 2.31. The molecule has 0 radical (unpaired) electrons. The van der Waals surface area contributed by atoms with Crippen LogP contribution in [0.3, 0.4) is 0 Å². The van der Waals surface area contributed by atoms with Crippen LogP contribution in [0.5, 0.6) is 0 Å². The first-order chi connectivity index (χ1) is 6.12. The van der Waals surface area contributed by atoms with Crippen molar-refractivity contribution in [2.24, 2.45) is 10.8 Å². The van der Waals surface area contributed by atoms with Gasteiger partial charge in [0.05, 0.1) is 0 Å². The molecule has 0 spiro atoms. The third-order valence-electron chi connectivity index (χ3n) is 1.47. The predicted molar refractivity (Wildman–Crippen MR) is 65.7 cm³/mol. The Labute approximate surface area is 91.2 Å². The van der Waals surface area contributed by atoms with Crippen LogP contribution in [-0.4, -0.2) is 13.7 Å². The fraction of sp³-hybridized carbons (Fsp3) is 1.00. The highest BCUT2D eigenvalue weighted by atomic mass is 16.5. The molecular formula is C13H30O. The van der Waals surface area contributed by atoms with Crippen LogP contribution in [-0.2, 0) is 4.74 Å². The fourth-order valence-corrected chi connectivity index (χ4v) is 1.80. The second kappa shape index (κ2) is 7.28. The van der Waals surface area contributed by atoms with Crippen molar-refractivity contribution in [3.63, 3.8) is 0 Å². The maximum Gasteiger partial charge on any atom is 0.0459 e. The minimum atomic E-state index is 0.484. The molecule has 14 heavy (non-hydrogen) atoms. The largest absolute Gasteiger partial charge is 0.385 e. The Morgan fingerprint density at radius 3 is 1.21 bits per heavy atom. The first-order valence-corrected chi connectivity index (χ1v) is 5.61. The summed E-state index contributed by atoms with van der Waals surface area (Å²) in [4.78, 5) is 0. The van der Waals surface area contributed by atoms with Gasteiger partial charge in [0.15, 0.2) is 0 Å². The number of methoxy groups -OCH3 is 1. The monoisotopic (exact) mass is 202 g/mol. The van der Waals surface area contributed by atoms with Crippen LogP contribution in [0.25, 0.3) is 0 Å². The maximum atomic E-state index is 4.69. The Morgan fingerprint density at radius 2 is 1.21 bits per heavy atom. The third kappa shape index (κ3) is 22.7. The van der Waals surface area contributed by atoms with Gasteiger partial charge in [0.1, 0.15) is 0 Å². The van der Waals surface area contributed by atoms with Crippen molar-refractivity contribution < 1.29 is 4.74 Å². The zero-order valence-electron chi connectivity index (χ0n) is 11.5. The zero-order chi connectivity index (χ0) is 11.8. The highest BCUT2D eigenvalue weighted by Gasteiger charge is 2.20. The number of hydrogen-bond acceptors (Lipinski definition) is 1. The highest BCUT2D eigenvalue weighted by molar-refractivity contribution is 4.71. The second-order valence-electron chi connectivity index (χ2n) is 6.29. The molecule has 0 rings (SSSR count). The first kappa shape index (κ1) is 16.4. The molecule has 0 fully saturated rings. The van der Waals surface area contributed by atoms with Crippen molar-refractivity contribution in [3.05, 3.63) is 0 Å². The topological polar surface area (TPSA) is 9.23 Å². The van der Waals surface area contributed by atoms with Crippen molar-refractivity contribution in [2.45, 2.75) is 61.3 Å². The van der Waals surface area contributed by atoms with Crippen molar-refractivity contribution in [3.8, 4) is 0 Å². The molecule has 0 saturated carbocycles. The molecule has 0 aromatic heterocycles. The lowest BCUT2D eigenvalue weighted by Gasteiger charge is -2.28. The fourth-order valence-electron chi connectivity index (χ4n) is 1.80. The van der Waals surface area contributed by atoms with E-state index in [1.54, 1.807) is 7.11 Å². The smallest absolute Gasteiger partial charge is 0.0459 e. The summed E-state index contributed by atoms with van der Waals surface area (Å²) in [6, 6.07) is 0. The summed E-state index contributed by atoms with van der Waals surface area (Å²) in [6.07, 6.45) is 2.41. The summed E-state index contributed by atoms with van der Waals surface area (Å²) < 4.78 is 4.69. The Bertz CT molecular complexity index is 100. The molecule has 0 heterocycles. The maximum absolute atomic E-state index is 4.69. The average Bonchev–Trinajstić information content (AvgIpc) is 1.81. The predicted octanol–water partition coefficient (Wildman–Crippen LogP) is 4.51. The molecule has 1 nitrogen and oxygen atoms in total. The zero-order valence-corrected chi connectivity index (χ0v) is 11.5. The molecule has 0 amide bonds. The van der Waals surface area contributed by atoms with E-state index in [2.05, 4.69) is 48.5 Å². The molecule has 0 aliphatic rings. The van der Waals surface area contributed by atoms with Crippen LogP contribution in [0.2, 0.25) is 0 Å². The average molecular weight is 202 g/mol. The van der Waals surface area contributed by atoms with E-state index in [9.17, 15) is 0 Å².